The maximum Gasteiger partial charge on any atom is 0.106 e. The van der Waals surface area contributed by atoms with Crippen molar-refractivity contribution in [1.29, 1.82) is 0 Å². The third kappa shape index (κ3) is 1.23. The lowest BCUT2D eigenvalue weighted by Crippen LogP contribution is -2.21. The third-order valence-electron chi connectivity index (χ3n) is 3.11. The van der Waals surface area contributed by atoms with Crippen molar-refractivity contribution in [3.63, 3.8) is 0 Å². The summed E-state index contributed by atoms with van der Waals surface area (Å²) in [5.41, 5.74) is 2.75. The predicted molar refractivity (Wildman–Crippen MR) is 59.8 cm³/mol. The molecule has 72 valence electrons. The average Bonchev–Trinajstić information content (AvgIpc) is 2.52. The summed E-state index contributed by atoms with van der Waals surface area (Å²) in [4.78, 5) is 4.25. The molecule has 0 aromatic carbocycles. The van der Waals surface area contributed by atoms with Gasteiger partial charge in [0.05, 0.1) is 0 Å². The number of hydrogen-bond donors (Lipinski definition) is 1. The second-order valence-corrected chi connectivity index (χ2v) is 4.73. The molecule has 1 aliphatic carbocycles. The quantitative estimate of drug-likeness (QED) is 0.773. The molecule has 2 heterocycles. The maximum absolute atomic E-state index is 4.25. The molecule has 14 heavy (non-hydrogen) atoms. The molecule has 1 aromatic rings. The van der Waals surface area contributed by atoms with E-state index in [0.29, 0.717) is 0 Å². The number of hydrogen-bond acceptors (Lipinski definition) is 2. The number of fused-ring (bicyclic) bond motifs is 1. The van der Waals surface area contributed by atoms with Crippen molar-refractivity contribution < 1.29 is 0 Å². The molecule has 0 spiro atoms. The van der Waals surface area contributed by atoms with Crippen LogP contribution in [-0.4, -0.2) is 18.1 Å². The Bertz CT molecular complexity index is 383. The number of rotatable bonds is 1. The van der Waals surface area contributed by atoms with Gasteiger partial charge in [0.15, 0.2) is 0 Å². The van der Waals surface area contributed by atoms with E-state index in [9.17, 15) is 0 Å². The molecule has 3 heteroatoms. The molecular formula is C11H11BrN2. The van der Waals surface area contributed by atoms with E-state index in [0.717, 1.165) is 29.5 Å². The Hall–Kier alpha value is -0.670. The highest BCUT2D eigenvalue weighted by molar-refractivity contribution is 9.10. The molecular weight excluding hydrogens is 240 g/mol. The van der Waals surface area contributed by atoms with Crippen molar-refractivity contribution in [2.75, 3.05) is 13.1 Å². The minimum atomic E-state index is 0.734. The zero-order chi connectivity index (χ0) is 9.54. The zero-order valence-corrected chi connectivity index (χ0v) is 9.29. The van der Waals surface area contributed by atoms with Gasteiger partial charge in [-0.1, -0.05) is 12.1 Å². The second kappa shape index (κ2) is 3.17. The van der Waals surface area contributed by atoms with Crippen molar-refractivity contribution in [3.05, 3.63) is 34.6 Å². The fourth-order valence-electron chi connectivity index (χ4n) is 2.31. The molecule has 2 aliphatic rings. The van der Waals surface area contributed by atoms with Crippen molar-refractivity contribution >= 4 is 21.5 Å². The van der Waals surface area contributed by atoms with Gasteiger partial charge in [-0.05, 0) is 39.1 Å². The van der Waals surface area contributed by atoms with Crippen LogP contribution in [0.5, 0.6) is 0 Å². The third-order valence-corrected chi connectivity index (χ3v) is 3.58. The van der Waals surface area contributed by atoms with Crippen molar-refractivity contribution in [2.24, 2.45) is 11.8 Å². The van der Waals surface area contributed by atoms with Crippen LogP contribution >= 0.6 is 15.9 Å². The summed E-state index contributed by atoms with van der Waals surface area (Å²) in [6, 6.07) is 4.14. The van der Waals surface area contributed by atoms with E-state index >= 15 is 0 Å². The van der Waals surface area contributed by atoms with Crippen LogP contribution in [0.4, 0.5) is 0 Å². The standard InChI is InChI=1S/C11H11BrN2/c12-11-2-1-7(5-14-11)9-3-8-4-13-6-10(8)9/h1-3,5,8,10,13H,4,6H2. The lowest BCUT2D eigenvalue weighted by atomic mass is 9.74. The topological polar surface area (TPSA) is 24.9 Å². The van der Waals surface area contributed by atoms with Gasteiger partial charge in [-0.2, -0.15) is 0 Å². The van der Waals surface area contributed by atoms with Gasteiger partial charge in [0.25, 0.3) is 0 Å². The molecule has 0 bridgehead atoms. The summed E-state index contributed by atoms with van der Waals surface area (Å²) >= 11 is 3.35. The first-order valence-corrected chi connectivity index (χ1v) is 5.68. The predicted octanol–water partition coefficient (Wildman–Crippen LogP) is 2.08. The van der Waals surface area contributed by atoms with E-state index < -0.39 is 0 Å². The van der Waals surface area contributed by atoms with Gasteiger partial charge in [-0.25, -0.2) is 4.98 Å². The van der Waals surface area contributed by atoms with Crippen molar-refractivity contribution in [3.8, 4) is 0 Å². The van der Waals surface area contributed by atoms with Gasteiger partial charge < -0.3 is 5.32 Å². The van der Waals surface area contributed by atoms with Crippen LogP contribution in [0.25, 0.3) is 5.57 Å². The normalized spacial score (nSPS) is 29.4. The molecule has 2 atom stereocenters. The first-order valence-electron chi connectivity index (χ1n) is 4.89. The van der Waals surface area contributed by atoms with Crippen molar-refractivity contribution in [2.45, 2.75) is 0 Å². The summed E-state index contributed by atoms with van der Waals surface area (Å²) in [5.74, 6) is 1.51. The molecule has 0 radical (unpaired) electrons. The van der Waals surface area contributed by atoms with Crippen LogP contribution in [-0.2, 0) is 0 Å². The number of nitrogens with zero attached hydrogens (tertiary/aromatic N) is 1. The molecule has 0 saturated carbocycles. The largest absolute Gasteiger partial charge is 0.315 e. The zero-order valence-electron chi connectivity index (χ0n) is 7.70. The Morgan fingerprint density at radius 1 is 1.36 bits per heavy atom. The Labute approximate surface area is 91.6 Å². The molecule has 1 fully saturated rings. The lowest BCUT2D eigenvalue weighted by molar-refractivity contribution is 0.564. The van der Waals surface area contributed by atoms with Gasteiger partial charge in [-0.3, -0.25) is 0 Å². The Balaban J connectivity index is 1.90. The van der Waals surface area contributed by atoms with Crippen LogP contribution in [0.3, 0.4) is 0 Å². The maximum atomic E-state index is 4.25. The summed E-state index contributed by atoms with van der Waals surface area (Å²) in [7, 11) is 0. The molecule has 3 rings (SSSR count). The van der Waals surface area contributed by atoms with Crippen LogP contribution in [0.1, 0.15) is 5.56 Å². The Morgan fingerprint density at radius 2 is 2.29 bits per heavy atom. The first-order chi connectivity index (χ1) is 6.84. The van der Waals surface area contributed by atoms with Gasteiger partial charge in [0.2, 0.25) is 0 Å². The van der Waals surface area contributed by atoms with Gasteiger partial charge in [-0.15, -0.1) is 0 Å². The SMILES string of the molecule is Brc1ccc(C2=CC3CNCC23)cn1. The highest BCUT2D eigenvalue weighted by Crippen LogP contribution is 2.42. The second-order valence-electron chi connectivity index (χ2n) is 3.92. The van der Waals surface area contributed by atoms with E-state index in [4.69, 9.17) is 0 Å². The number of halogens is 1. The lowest BCUT2D eigenvalue weighted by Gasteiger charge is -2.29. The Morgan fingerprint density at radius 3 is 3.00 bits per heavy atom. The summed E-state index contributed by atoms with van der Waals surface area (Å²) < 4.78 is 0.905. The highest BCUT2D eigenvalue weighted by Gasteiger charge is 2.36. The summed E-state index contributed by atoms with van der Waals surface area (Å²) in [6.45, 7) is 2.28. The highest BCUT2D eigenvalue weighted by atomic mass is 79.9. The molecule has 1 aliphatic heterocycles. The smallest absolute Gasteiger partial charge is 0.106 e. The summed E-state index contributed by atoms with van der Waals surface area (Å²) in [5, 5.41) is 3.41. The van der Waals surface area contributed by atoms with Crippen LogP contribution < -0.4 is 5.32 Å². The monoisotopic (exact) mass is 250 g/mol. The molecule has 1 N–H and O–H groups in total. The minimum absolute atomic E-state index is 0.734. The van der Waals surface area contributed by atoms with Gasteiger partial charge >= 0.3 is 0 Å². The van der Waals surface area contributed by atoms with Crippen LogP contribution in [0.15, 0.2) is 29.0 Å². The molecule has 1 aromatic heterocycles. The fraction of sp³-hybridized carbons (Fsp3) is 0.364. The fourth-order valence-corrected chi connectivity index (χ4v) is 2.54. The number of nitrogens with one attached hydrogen (secondary N) is 1. The van der Waals surface area contributed by atoms with E-state index in [-0.39, 0.29) is 0 Å². The number of pyridine rings is 1. The minimum Gasteiger partial charge on any atom is -0.315 e. The average molecular weight is 251 g/mol. The van der Waals surface area contributed by atoms with Gasteiger partial charge in [0.1, 0.15) is 4.60 Å². The molecule has 1 saturated heterocycles. The van der Waals surface area contributed by atoms with Gasteiger partial charge in [0, 0.05) is 25.2 Å². The Kier molecular flexibility index (Phi) is 1.96. The number of aromatic nitrogens is 1. The molecule has 0 amide bonds. The van der Waals surface area contributed by atoms with E-state index in [1.54, 1.807) is 0 Å². The molecule has 2 unspecified atom stereocenters. The van der Waals surface area contributed by atoms with E-state index in [2.05, 4.69) is 38.4 Å². The molecule has 2 nitrogen and oxygen atoms in total. The summed E-state index contributed by atoms with van der Waals surface area (Å²) in [6.07, 6.45) is 4.32. The van der Waals surface area contributed by atoms with E-state index in [1.807, 2.05) is 12.3 Å². The van der Waals surface area contributed by atoms with Crippen LogP contribution in [0.2, 0.25) is 0 Å². The van der Waals surface area contributed by atoms with Crippen molar-refractivity contribution in [1.82, 2.24) is 10.3 Å². The first kappa shape index (κ1) is 8.62. The van der Waals surface area contributed by atoms with E-state index in [1.165, 1.54) is 11.1 Å². The van der Waals surface area contributed by atoms with Crippen LogP contribution in [0, 0.1) is 11.8 Å².